The van der Waals surface area contributed by atoms with Gasteiger partial charge in [0.2, 0.25) is 5.91 Å². The molecule has 0 aliphatic heterocycles. The molecule has 7 heteroatoms. The van der Waals surface area contributed by atoms with E-state index in [1.807, 2.05) is 31.7 Å². The van der Waals surface area contributed by atoms with Crippen LogP contribution in [0.25, 0.3) is 16.6 Å². The maximum atomic E-state index is 13.9. The zero-order valence-corrected chi connectivity index (χ0v) is 20.4. The van der Waals surface area contributed by atoms with Gasteiger partial charge in [0.15, 0.2) is 0 Å². The van der Waals surface area contributed by atoms with E-state index in [1.165, 1.54) is 22.8 Å². The molecule has 5 nitrogen and oxygen atoms in total. The Morgan fingerprint density at radius 1 is 1.18 bits per heavy atom. The molecule has 33 heavy (non-hydrogen) atoms. The number of hydrogen-bond acceptors (Lipinski definition) is 3. The number of carbonyl (C=O) groups is 1. The highest BCUT2D eigenvalue weighted by atomic mass is 35.5. The highest BCUT2D eigenvalue weighted by molar-refractivity contribution is 6.30. The molecule has 3 rings (SSSR count). The van der Waals surface area contributed by atoms with E-state index in [9.17, 15) is 14.0 Å². The smallest absolute Gasteiger partial charge is 0.266 e. The van der Waals surface area contributed by atoms with Crippen LogP contribution in [0.3, 0.4) is 0 Å². The molecule has 0 spiro atoms. The van der Waals surface area contributed by atoms with Gasteiger partial charge < -0.3 is 4.90 Å². The second-order valence-electron chi connectivity index (χ2n) is 8.69. The molecular weight excluding hydrogens is 441 g/mol. The lowest BCUT2D eigenvalue weighted by Crippen LogP contribution is -2.39. The molecule has 1 unspecified atom stereocenters. The van der Waals surface area contributed by atoms with E-state index in [1.54, 1.807) is 18.2 Å². The van der Waals surface area contributed by atoms with Crippen molar-refractivity contribution in [3.05, 3.63) is 69.5 Å². The van der Waals surface area contributed by atoms with Crippen molar-refractivity contribution >= 4 is 28.4 Å². The largest absolute Gasteiger partial charge is 0.332 e. The Labute approximate surface area is 199 Å². The van der Waals surface area contributed by atoms with Crippen LogP contribution in [0.4, 0.5) is 4.39 Å². The normalized spacial score (nSPS) is 12.3. The van der Waals surface area contributed by atoms with Crippen molar-refractivity contribution in [1.82, 2.24) is 14.5 Å². The van der Waals surface area contributed by atoms with Gasteiger partial charge in [-0.1, -0.05) is 57.8 Å². The van der Waals surface area contributed by atoms with Crippen molar-refractivity contribution in [1.29, 1.82) is 0 Å². The molecule has 2 aromatic carbocycles. The number of fused-ring (bicyclic) bond motifs is 1. The van der Waals surface area contributed by atoms with Gasteiger partial charge in [-0.25, -0.2) is 9.37 Å². The quantitative estimate of drug-likeness (QED) is 0.367. The van der Waals surface area contributed by atoms with E-state index >= 15 is 0 Å². The summed E-state index contributed by atoms with van der Waals surface area (Å²) in [5.41, 5.74) is 0.709. The van der Waals surface area contributed by atoms with Crippen molar-refractivity contribution in [3.63, 3.8) is 0 Å². The highest BCUT2D eigenvalue weighted by Crippen LogP contribution is 2.28. The molecule has 3 aromatic rings. The van der Waals surface area contributed by atoms with Crippen molar-refractivity contribution < 1.29 is 9.18 Å². The number of hydrogen-bond donors (Lipinski definition) is 0. The van der Waals surface area contributed by atoms with Gasteiger partial charge in [-0.3, -0.25) is 14.2 Å². The van der Waals surface area contributed by atoms with Gasteiger partial charge in [-0.15, -0.1) is 0 Å². The Morgan fingerprint density at radius 2 is 1.91 bits per heavy atom. The highest BCUT2D eigenvalue weighted by Gasteiger charge is 2.29. The monoisotopic (exact) mass is 471 g/mol. The summed E-state index contributed by atoms with van der Waals surface area (Å²) in [7, 11) is 0. The first-order valence-electron chi connectivity index (χ1n) is 11.5. The number of amides is 1. The average molecular weight is 472 g/mol. The SMILES string of the molecule is CCCCN(C(=O)CC(C)C)C(CC)c1nc2ccccc2c(=O)n1-c1ccc(F)c(Cl)c1. The van der Waals surface area contributed by atoms with Crippen molar-refractivity contribution in [2.45, 2.75) is 59.4 Å². The lowest BCUT2D eigenvalue weighted by atomic mass is 10.1. The van der Waals surface area contributed by atoms with Crippen LogP contribution in [0.1, 0.15) is 65.2 Å². The number of halogens is 2. The summed E-state index contributed by atoms with van der Waals surface area (Å²) in [6.45, 7) is 8.67. The first-order chi connectivity index (χ1) is 15.8. The summed E-state index contributed by atoms with van der Waals surface area (Å²) in [5, 5.41) is 0.371. The summed E-state index contributed by atoms with van der Waals surface area (Å²) >= 11 is 6.06. The first kappa shape index (κ1) is 24.9. The van der Waals surface area contributed by atoms with Crippen LogP contribution >= 0.6 is 11.6 Å². The molecule has 1 amide bonds. The fraction of sp³-hybridized carbons (Fsp3) is 0.423. The molecule has 0 saturated carbocycles. The van der Waals surface area contributed by atoms with Crippen LogP contribution < -0.4 is 5.56 Å². The van der Waals surface area contributed by atoms with E-state index in [0.717, 1.165) is 12.8 Å². The molecule has 176 valence electrons. The number of para-hydroxylation sites is 1. The molecule has 1 heterocycles. The molecule has 1 atom stereocenters. The summed E-state index contributed by atoms with van der Waals surface area (Å²) < 4.78 is 15.4. The first-order valence-corrected chi connectivity index (χ1v) is 11.9. The predicted molar refractivity (Wildman–Crippen MR) is 131 cm³/mol. The van der Waals surface area contributed by atoms with Gasteiger partial charge in [0, 0.05) is 13.0 Å². The second kappa shape index (κ2) is 10.9. The van der Waals surface area contributed by atoms with Gasteiger partial charge in [-0.05, 0) is 49.1 Å². The topological polar surface area (TPSA) is 55.2 Å². The standard InChI is InChI=1S/C26H31ClFN3O2/c1-5-7-14-30(24(32)15-17(3)4)23(6-2)25-29-22-11-9-8-10-19(22)26(33)31(25)18-12-13-21(28)20(27)16-18/h8-13,16-17,23H,5-7,14-15H2,1-4H3. The molecule has 0 fully saturated rings. The molecule has 0 bridgehead atoms. The van der Waals surface area contributed by atoms with Crippen LogP contribution in [0.15, 0.2) is 47.3 Å². The lowest BCUT2D eigenvalue weighted by molar-refractivity contribution is -0.135. The maximum Gasteiger partial charge on any atom is 0.266 e. The molecule has 0 aliphatic carbocycles. The predicted octanol–water partition coefficient (Wildman–Crippen LogP) is 6.30. The van der Waals surface area contributed by atoms with Crippen molar-refractivity contribution in [3.8, 4) is 5.69 Å². The fourth-order valence-corrected chi connectivity index (χ4v) is 4.21. The average Bonchev–Trinajstić information content (AvgIpc) is 2.78. The zero-order chi connectivity index (χ0) is 24.1. The molecule has 0 radical (unpaired) electrons. The number of nitrogens with zero attached hydrogens (tertiary/aromatic N) is 3. The third-order valence-corrected chi connectivity index (χ3v) is 5.97. The fourth-order valence-electron chi connectivity index (χ4n) is 4.04. The Hall–Kier alpha value is -2.73. The summed E-state index contributed by atoms with van der Waals surface area (Å²) in [4.78, 5) is 33.6. The Bertz CT molecular complexity index is 1190. The van der Waals surface area contributed by atoms with E-state index in [4.69, 9.17) is 16.6 Å². The van der Waals surface area contributed by atoms with Crippen LogP contribution in [0.5, 0.6) is 0 Å². The lowest BCUT2D eigenvalue weighted by Gasteiger charge is -2.33. The Morgan fingerprint density at radius 3 is 2.55 bits per heavy atom. The summed E-state index contributed by atoms with van der Waals surface area (Å²) in [6.07, 6.45) is 2.78. The molecular formula is C26H31ClFN3O2. The van der Waals surface area contributed by atoms with Gasteiger partial charge in [-0.2, -0.15) is 0 Å². The minimum atomic E-state index is -0.563. The Balaban J connectivity index is 2.28. The molecule has 0 N–H and O–H groups in total. The number of aromatic nitrogens is 2. The van der Waals surface area contributed by atoms with Crippen LogP contribution in [-0.2, 0) is 4.79 Å². The maximum absolute atomic E-state index is 13.9. The third kappa shape index (κ3) is 5.44. The van der Waals surface area contributed by atoms with Gasteiger partial charge in [0.1, 0.15) is 11.6 Å². The van der Waals surface area contributed by atoms with E-state index in [-0.39, 0.29) is 22.4 Å². The third-order valence-electron chi connectivity index (χ3n) is 5.68. The minimum Gasteiger partial charge on any atom is -0.332 e. The number of benzene rings is 2. The van der Waals surface area contributed by atoms with Crippen LogP contribution in [0, 0.1) is 11.7 Å². The number of rotatable bonds is 9. The van der Waals surface area contributed by atoms with Crippen molar-refractivity contribution in [2.24, 2.45) is 5.92 Å². The van der Waals surface area contributed by atoms with Crippen molar-refractivity contribution in [2.75, 3.05) is 6.54 Å². The molecule has 1 aromatic heterocycles. The number of carbonyl (C=O) groups excluding carboxylic acids is 1. The van der Waals surface area contributed by atoms with Crippen LogP contribution in [0.2, 0.25) is 5.02 Å². The van der Waals surface area contributed by atoms with Gasteiger partial charge >= 0.3 is 0 Å². The summed E-state index contributed by atoms with van der Waals surface area (Å²) in [6, 6.07) is 10.9. The van der Waals surface area contributed by atoms with Crippen LogP contribution in [-0.4, -0.2) is 26.9 Å². The van der Waals surface area contributed by atoms with Gasteiger partial charge in [0.05, 0.1) is 27.7 Å². The van der Waals surface area contributed by atoms with Gasteiger partial charge in [0.25, 0.3) is 5.56 Å². The van der Waals surface area contributed by atoms with E-state index in [2.05, 4.69) is 6.92 Å². The molecule has 0 saturated heterocycles. The number of unbranched alkanes of at least 4 members (excludes halogenated alkanes) is 1. The zero-order valence-electron chi connectivity index (χ0n) is 19.6. The molecule has 0 aliphatic rings. The second-order valence-corrected chi connectivity index (χ2v) is 9.10. The Kier molecular flexibility index (Phi) is 8.25. The summed E-state index contributed by atoms with van der Waals surface area (Å²) in [5.74, 6) is 0.141. The van der Waals surface area contributed by atoms with E-state index < -0.39 is 11.9 Å². The van der Waals surface area contributed by atoms with E-state index in [0.29, 0.717) is 41.8 Å². The minimum absolute atomic E-state index is 0.0383.